The van der Waals surface area contributed by atoms with Gasteiger partial charge < -0.3 is 5.32 Å². The lowest BCUT2D eigenvalue weighted by molar-refractivity contribution is 0.581. The first-order valence-electron chi connectivity index (χ1n) is 5.78. The summed E-state index contributed by atoms with van der Waals surface area (Å²) >= 11 is 4.00. The Hall–Kier alpha value is -0.530. The smallest absolute Gasteiger partial charge is 0.141 e. The molecule has 18 heavy (non-hydrogen) atoms. The van der Waals surface area contributed by atoms with E-state index in [-0.39, 0.29) is 11.9 Å². The molecule has 0 aromatic carbocycles. The molecule has 2 rings (SSSR count). The zero-order chi connectivity index (χ0) is 13.0. The summed E-state index contributed by atoms with van der Waals surface area (Å²) < 4.78 is 14.5. The number of rotatable bonds is 5. The van der Waals surface area contributed by atoms with Gasteiger partial charge in [-0.15, -0.1) is 11.3 Å². The summed E-state index contributed by atoms with van der Waals surface area (Å²) in [6, 6.07) is 3.70. The number of halogens is 2. The highest BCUT2D eigenvalue weighted by Gasteiger charge is 2.15. The molecule has 5 heteroatoms. The Balaban J connectivity index is 2.30. The molecule has 1 N–H and O–H groups in total. The van der Waals surface area contributed by atoms with Crippen molar-refractivity contribution >= 4 is 33.9 Å². The summed E-state index contributed by atoms with van der Waals surface area (Å²) in [5, 5.41) is 5.55. The van der Waals surface area contributed by atoms with Crippen LogP contribution in [0.15, 0.2) is 29.9 Å². The van der Waals surface area contributed by atoms with Gasteiger partial charge in [-0.05, 0) is 64.2 Å². The second-order valence-electron chi connectivity index (χ2n) is 4.01. The quantitative estimate of drug-likeness (QED) is 0.799. The van der Waals surface area contributed by atoms with Gasteiger partial charge in [0.15, 0.2) is 0 Å². The van der Waals surface area contributed by atoms with Gasteiger partial charge in [0, 0.05) is 6.20 Å². The van der Waals surface area contributed by atoms with Crippen molar-refractivity contribution in [3.63, 3.8) is 0 Å². The number of nitrogens with one attached hydrogen (secondary N) is 1. The monoisotopic (exact) mass is 376 g/mol. The van der Waals surface area contributed by atoms with E-state index < -0.39 is 0 Å². The maximum Gasteiger partial charge on any atom is 0.141 e. The van der Waals surface area contributed by atoms with Gasteiger partial charge in [-0.2, -0.15) is 0 Å². The van der Waals surface area contributed by atoms with E-state index >= 15 is 0 Å². The topological polar surface area (TPSA) is 24.9 Å². The van der Waals surface area contributed by atoms with Gasteiger partial charge in [-0.25, -0.2) is 4.39 Å². The molecule has 0 aliphatic heterocycles. The molecule has 2 aromatic rings. The lowest BCUT2D eigenvalue weighted by atomic mass is 10.0. The predicted octanol–water partition coefficient (Wildman–Crippen LogP) is 3.98. The summed E-state index contributed by atoms with van der Waals surface area (Å²) in [6.07, 6.45) is 4.00. The Morgan fingerprint density at radius 2 is 2.22 bits per heavy atom. The fourth-order valence-corrected chi connectivity index (χ4v) is 3.18. The molecule has 2 heterocycles. The van der Waals surface area contributed by atoms with Crippen LogP contribution < -0.4 is 5.32 Å². The number of nitrogens with zero attached hydrogens (tertiary/aromatic N) is 1. The van der Waals surface area contributed by atoms with Crippen LogP contribution in [0.25, 0.3) is 0 Å². The molecule has 0 saturated carbocycles. The summed E-state index contributed by atoms with van der Waals surface area (Å²) in [5.74, 6) is -0.291. The third-order valence-electron chi connectivity index (χ3n) is 2.58. The molecule has 96 valence electrons. The van der Waals surface area contributed by atoms with Crippen LogP contribution >= 0.6 is 33.9 Å². The highest BCUT2D eigenvalue weighted by Crippen LogP contribution is 2.27. The normalized spacial score (nSPS) is 12.6. The standard InChI is InChI=1S/C13H14FIN2S/c1-2-3-17-13(10-5-12(15)18-8-10)9-4-11(14)7-16-6-9/h4-8,13,17H,2-3H2,1H3. The second-order valence-corrected chi connectivity index (χ2v) is 6.81. The van der Waals surface area contributed by atoms with E-state index in [1.165, 1.54) is 14.6 Å². The summed E-state index contributed by atoms with van der Waals surface area (Å²) in [7, 11) is 0. The molecule has 0 aliphatic carbocycles. The van der Waals surface area contributed by atoms with E-state index in [4.69, 9.17) is 0 Å². The van der Waals surface area contributed by atoms with E-state index in [0.29, 0.717) is 0 Å². The van der Waals surface area contributed by atoms with Crippen molar-refractivity contribution in [2.75, 3.05) is 6.54 Å². The van der Waals surface area contributed by atoms with Crippen LogP contribution in [-0.4, -0.2) is 11.5 Å². The van der Waals surface area contributed by atoms with E-state index in [1.807, 2.05) is 0 Å². The van der Waals surface area contributed by atoms with E-state index in [1.54, 1.807) is 23.6 Å². The van der Waals surface area contributed by atoms with Gasteiger partial charge in [0.1, 0.15) is 5.82 Å². The van der Waals surface area contributed by atoms with Gasteiger partial charge in [-0.3, -0.25) is 4.98 Å². The average Bonchev–Trinajstić information content (AvgIpc) is 2.76. The largest absolute Gasteiger partial charge is 0.306 e. The Labute approximate surface area is 124 Å². The molecule has 0 saturated heterocycles. The predicted molar refractivity (Wildman–Crippen MR) is 81.4 cm³/mol. The zero-order valence-electron chi connectivity index (χ0n) is 9.99. The number of thiophene rings is 1. The van der Waals surface area contributed by atoms with Gasteiger partial charge >= 0.3 is 0 Å². The first-order valence-corrected chi connectivity index (χ1v) is 7.74. The molecular weight excluding hydrogens is 362 g/mol. The SMILES string of the molecule is CCCNC(c1cncc(F)c1)c1csc(I)c1. The van der Waals surface area contributed by atoms with E-state index in [2.05, 4.69) is 51.3 Å². The van der Waals surface area contributed by atoms with Crippen LogP contribution in [0.1, 0.15) is 30.5 Å². The van der Waals surface area contributed by atoms with Crippen LogP contribution in [0.2, 0.25) is 0 Å². The molecule has 0 bridgehead atoms. The van der Waals surface area contributed by atoms with Gasteiger partial charge in [0.05, 0.1) is 15.1 Å². The number of aromatic nitrogens is 1. The van der Waals surface area contributed by atoms with Crippen molar-refractivity contribution in [3.8, 4) is 0 Å². The van der Waals surface area contributed by atoms with Crippen molar-refractivity contribution in [1.82, 2.24) is 10.3 Å². The Morgan fingerprint density at radius 1 is 1.39 bits per heavy atom. The molecule has 0 radical (unpaired) electrons. The van der Waals surface area contributed by atoms with E-state index in [9.17, 15) is 4.39 Å². The van der Waals surface area contributed by atoms with Crippen molar-refractivity contribution in [1.29, 1.82) is 0 Å². The molecule has 1 atom stereocenters. The molecule has 0 spiro atoms. The average molecular weight is 376 g/mol. The first kappa shape index (κ1) is 13.9. The zero-order valence-corrected chi connectivity index (χ0v) is 13.0. The third-order valence-corrected chi connectivity index (χ3v) is 4.39. The lowest BCUT2D eigenvalue weighted by Crippen LogP contribution is -2.23. The maximum atomic E-state index is 13.3. The Morgan fingerprint density at radius 3 is 2.83 bits per heavy atom. The second kappa shape index (κ2) is 6.58. The van der Waals surface area contributed by atoms with Crippen molar-refractivity contribution in [2.45, 2.75) is 19.4 Å². The van der Waals surface area contributed by atoms with Crippen molar-refractivity contribution < 1.29 is 4.39 Å². The van der Waals surface area contributed by atoms with E-state index in [0.717, 1.165) is 18.5 Å². The molecule has 2 nitrogen and oxygen atoms in total. The minimum absolute atomic E-state index is 0.0212. The molecule has 0 fully saturated rings. The van der Waals surface area contributed by atoms with Crippen molar-refractivity contribution in [2.24, 2.45) is 0 Å². The fraction of sp³-hybridized carbons (Fsp3) is 0.308. The highest BCUT2D eigenvalue weighted by molar-refractivity contribution is 14.1. The van der Waals surface area contributed by atoms with Crippen molar-refractivity contribution in [3.05, 3.63) is 49.7 Å². The molecular formula is C13H14FIN2S. The number of hydrogen-bond acceptors (Lipinski definition) is 3. The van der Waals surface area contributed by atoms with Crippen LogP contribution in [0.5, 0.6) is 0 Å². The van der Waals surface area contributed by atoms with Gasteiger partial charge in [0.25, 0.3) is 0 Å². The van der Waals surface area contributed by atoms with Crippen LogP contribution in [0.3, 0.4) is 0 Å². The third kappa shape index (κ3) is 3.49. The van der Waals surface area contributed by atoms with Gasteiger partial charge in [-0.1, -0.05) is 6.92 Å². The Kier molecular flexibility index (Phi) is 5.08. The van der Waals surface area contributed by atoms with Crippen LogP contribution in [0, 0.1) is 8.70 Å². The fourth-order valence-electron chi connectivity index (χ4n) is 1.78. The Bertz CT molecular complexity index is 515. The summed E-state index contributed by atoms with van der Waals surface area (Å²) in [6.45, 7) is 3.01. The molecule has 1 unspecified atom stereocenters. The highest BCUT2D eigenvalue weighted by atomic mass is 127. The minimum atomic E-state index is -0.291. The molecule has 0 aliphatic rings. The van der Waals surface area contributed by atoms with Gasteiger partial charge in [0.2, 0.25) is 0 Å². The maximum absolute atomic E-state index is 13.3. The number of hydrogen-bond donors (Lipinski definition) is 1. The van der Waals surface area contributed by atoms with Crippen LogP contribution in [-0.2, 0) is 0 Å². The number of pyridine rings is 1. The van der Waals surface area contributed by atoms with Crippen LogP contribution in [0.4, 0.5) is 4.39 Å². The molecule has 2 aromatic heterocycles. The minimum Gasteiger partial charge on any atom is -0.306 e. The first-order chi connectivity index (χ1) is 8.70. The molecule has 0 amide bonds. The summed E-state index contributed by atoms with van der Waals surface area (Å²) in [5.41, 5.74) is 2.04. The lowest BCUT2D eigenvalue weighted by Gasteiger charge is -2.17. The summed E-state index contributed by atoms with van der Waals surface area (Å²) in [4.78, 5) is 3.93.